The predicted octanol–water partition coefficient (Wildman–Crippen LogP) is 2.88. The van der Waals surface area contributed by atoms with Gasteiger partial charge in [-0.15, -0.1) is 12.3 Å². The molecule has 1 aromatic rings. The van der Waals surface area contributed by atoms with Gasteiger partial charge < -0.3 is 9.73 Å². The molecule has 2 nitrogen and oxygen atoms in total. The van der Waals surface area contributed by atoms with Gasteiger partial charge in [0.25, 0.3) is 0 Å². The molecule has 0 fully saturated rings. The van der Waals surface area contributed by atoms with E-state index in [9.17, 15) is 0 Å². The molecule has 1 atom stereocenters. The first-order valence-corrected chi connectivity index (χ1v) is 5.35. The zero-order valence-electron chi connectivity index (χ0n) is 9.98. The van der Waals surface area contributed by atoms with Gasteiger partial charge in [-0.05, 0) is 32.9 Å². The molecule has 0 aromatic carbocycles. The van der Waals surface area contributed by atoms with Gasteiger partial charge in [0, 0.05) is 18.0 Å². The van der Waals surface area contributed by atoms with Crippen LogP contribution in [0.3, 0.4) is 0 Å². The quantitative estimate of drug-likeness (QED) is 0.765. The smallest absolute Gasteiger partial charge is 0.106 e. The lowest BCUT2D eigenvalue weighted by molar-refractivity contribution is 0.487. The summed E-state index contributed by atoms with van der Waals surface area (Å²) in [7, 11) is 0. The first-order chi connectivity index (χ1) is 7.11. The topological polar surface area (TPSA) is 25.2 Å². The van der Waals surface area contributed by atoms with Crippen molar-refractivity contribution in [2.75, 3.05) is 6.54 Å². The fourth-order valence-corrected chi connectivity index (χ4v) is 1.96. The largest absolute Gasteiger partial charge is 0.466 e. The van der Waals surface area contributed by atoms with Gasteiger partial charge >= 0.3 is 0 Å². The van der Waals surface area contributed by atoms with Gasteiger partial charge in [0.2, 0.25) is 0 Å². The van der Waals surface area contributed by atoms with Crippen LogP contribution >= 0.6 is 0 Å². The Balaban J connectivity index is 3.05. The normalized spacial score (nSPS) is 12.5. The predicted molar refractivity (Wildman–Crippen MR) is 62.8 cm³/mol. The van der Waals surface area contributed by atoms with Crippen molar-refractivity contribution in [1.29, 1.82) is 0 Å². The molecule has 0 radical (unpaired) electrons. The molecule has 1 aromatic heterocycles. The van der Waals surface area contributed by atoms with E-state index in [1.54, 1.807) is 0 Å². The van der Waals surface area contributed by atoms with E-state index in [0.29, 0.717) is 6.42 Å². The molecule has 1 N–H and O–H groups in total. The van der Waals surface area contributed by atoms with E-state index < -0.39 is 0 Å². The molecule has 0 aliphatic rings. The number of nitrogens with one attached hydrogen (secondary N) is 1. The summed E-state index contributed by atoms with van der Waals surface area (Å²) in [5.41, 5.74) is 2.45. The third kappa shape index (κ3) is 2.43. The second kappa shape index (κ2) is 5.04. The molecule has 0 saturated heterocycles. The van der Waals surface area contributed by atoms with Crippen LogP contribution in [0.25, 0.3) is 0 Å². The molecule has 1 unspecified atom stereocenters. The highest BCUT2D eigenvalue weighted by Gasteiger charge is 2.19. The lowest BCUT2D eigenvalue weighted by Gasteiger charge is -2.15. The van der Waals surface area contributed by atoms with Crippen molar-refractivity contribution in [1.82, 2.24) is 5.32 Å². The van der Waals surface area contributed by atoms with Crippen LogP contribution in [0.1, 0.15) is 42.0 Å². The van der Waals surface area contributed by atoms with Crippen LogP contribution in [0.2, 0.25) is 0 Å². The van der Waals surface area contributed by atoms with E-state index in [2.05, 4.69) is 25.1 Å². The molecule has 1 heterocycles. The van der Waals surface area contributed by atoms with E-state index in [1.165, 1.54) is 11.1 Å². The van der Waals surface area contributed by atoms with Crippen molar-refractivity contribution in [3.63, 3.8) is 0 Å². The first kappa shape index (κ1) is 11.9. The lowest BCUT2D eigenvalue weighted by atomic mass is 10.00. The van der Waals surface area contributed by atoms with Gasteiger partial charge in [0.15, 0.2) is 0 Å². The van der Waals surface area contributed by atoms with Gasteiger partial charge in [-0.2, -0.15) is 0 Å². The summed E-state index contributed by atoms with van der Waals surface area (Å²) in [6.45, 7) is 9.07. The van der Waals surface area contributed by atoms with Crippen molar-refractivity contribution < 1.29 is 4.42 Å². The minimum atomic E-state index is 0.220. The number of furan rings is 1. The van der Waals surface area contributed by atoms with Crippen LogP contribution in [-0.4, -0.2) is 6.54 Å². The SMILES string of the molecule is C#CCC(NCC)c1c(C)oc(C)c1C. The molecule has 1 rings (SSSR count). The van der Waals surface area contributed by atoms with E-state index in [-0.39, 0.29) is 6.04 Å². The van der Waals surface area contributed by atoms with E-state index in [0.717, 1.165) is 18.1 Å². The van der Waals surface area contributed by atoms with Crippen LogP contribution in [0.15, 0.2) is 4.42 Å². The zero-order valence-corrected chi connectivity index (χ0v) is 9.98. The zero-order chi connectivity index (χ0) is 11.4. The third-order valence-electron chi connectivity index (χ3n) is 2.74. The Hall–Kier alpha value is -1.20. The molecule has 0 aliphatic carbocycles. The Morgan fingerprint density at radius 3 is 2.40 bits per heavy atom. The highest BCUT2D eigenvalue weighted by atomic mass is 16.3. The lowest BCUT2D eigenvalue weighted by Crippen LogP contribution is -2.21. The highest BCUT2D eigenvalue weighted by molar-refractivity contribution is 5.34. The number of rotatable bonds is 4. The van der Waals surface area contributed by atoms with Crippen molar-refractivity contribution in [2.45, 2.75) is 40.2 Å². The van der Waals surface area contributed by atoms with Crippen molar-refractivity contribution >= 4 is 0 Å². The van der Waals surface area contributed by atoms with Gasteiger partial charge in [-0.25, -0.2) is 0 Å². The van der Waals surface area contributed by atoms with E-state index in [4.69, 9.17) is 10.8 Å². The molecule has 2 heteroatoms. The summed E-state index contributed by atoms with van der Waals surface area (Å²) in [6, 6.07) is 0.220. The molecule has 0 saturated carbocycles. The summed E-state index contributed by atoms with van der Waals surface area (Å²) in [5, 5.41) is 3.39. The number of aryl methyl sites for hydroxylation is 2. The van der Waals surface area contributed by atoms with Crippen molar-refractivity contribution in [3.8, 4) is 12.3 Å². The Kier molecular flexibility index (Phi) is 3.99. The summed E-state index contributed by atoms with van der Waals surface area (Å²) in [4.78, 5) is 0. The molecule has 0 spiro atoms. The minimum absolute atomic E-state index is 0.220. The van der Waals surface area contributed by atoms with Crippen LogP contribution in [0.4, 0.5) is 0 Å². The monoisotopic (exact) mass is 205 g/mol. The molecule has 15 heavy (non-hydrogen) atoms. The number of terminal acetylenes is 1. The summed E-state index contributed by atoms with van der Waals surface area (Å²) in [5.74, 6) is 4.68. The summed E-state index contributed by atoms with van der Waals surface area (Å²) < 4.78 is 5.61. The average molecular weight is 205 g/mol. The first-order valence-electron chi connectivity index (χ1n) is 5.35. The number of hydrogen-bond donors (Lipinski definition) is 1. The summed E-state index contributed by atoms with van der Waals surface area (Å²) in [6.07, 6.45) is 6.09. The highest BCUT2D eigenvalue weighted by Crippen LogP contribution is 2.28. The molecule has 82 valence electrons. The van der Waals surface area contributed by atoms with Crippen LogP contribution in [0, 0.1) is 33.1 Å². The van der Waals surface area contributed by atoms with E-state index >= 15 is 0 Å². The standard InChI is InChI=1S/C13H19NO/c1-6-8-12(14-7-2)13-9(3)10(4)15-11(13)5/h1,12,14H,7-8H2,2-5H3. The van der Waals surface area contributed by atoms with Crippen LogP contribution in [0.5, 0.6) is 0 Å². The van der Waals surface area contributed by atoms with Gasteiger partial charge in [-0.1, -0.05) is 6.92 Å². The maximum atomic E-state index is 5.61. The fourth-order valence-electron chi connectivity index (χ4n) is 1.96. The third-order valence-corrected chi connectivity index (χ3v) is 2.74. The maximum Gasteiger partial charge on any atom is 0.106 e. The average Bonchev–Trinajstić information content (AvgIpc) is 2.41. The molecular formula is C13H19NO. The fraction of sp³-hybridized carbons (Fsp3) is 0.538. The van der Waals surface area contributed by atoms with Gasteiger partial charge in [0.05, 0.1) is 0 Å². The van der Waals surface area contributed by atoms with Crippen LogP contribution < -0.4 is 5.32 Å². The molecule has 0 aliphatic heterocycles. The Morgan fingerprint density at radius 1 is 1.33 bits per heavy atom. The second-order valence-electron chi connectivity index (χ2n) is 3.77. The van der Waals surface area contributed by atoms with Crippen molar-refractivity contribution in [2.24, 2.45) is 0 Å². The Labute approximate surface area is 92.1 Å². The Bertz CT molecular complexity index is 371. The van der Waals surface area contributed by atoms with Crippen LogP contribution in [-0.2, 0) is 0 Å². The minimum Gasteiger partial charge on any atom is -0.466 e. The van der Waals surface area contributed by atoms with Gasteiger partial charge in [0.1, 0.15) is 11.5 Å². The Morgan fingerprint density at radius 2 is 2.00 bits per heavy atom. The summed E-state index contributed by atoms with van der Waals surface area (Å²) >= 11 is 0. The van der Waals surface area contributed by atoms with Gasteiger partial charge in [-0.3, -0.25) is 0 Å². The van der Waals surface area contributed by atoms with E-state index in [1.807, 2.05) is 13.8 Å². The molecule has 0 amide bonds. The maximum absolute atomic E-state index is 5.61. The second-order valence-corrected chi connectivity index (χ2v) is 3.77. The van der Waals surface area contributed by atoms with Crippen molar-refractivity contribution in [3.05, 3.63) is 22.6 Å². The molecular weight excluding hydrogens is 186 g/mol. The molecule has 0 bridgehead atoms. The number of hydrogen-bond acceptors (Lipinski definition) is 2.